The summed E-state index contributed by atoms with van der Waals surface area (Å²) < 4.78 is 0. The molecule has 11 heavy (non-hydrogen) atoms. The first-order chi connectivity index (χ1) is 5.24. The zero-order chi connectivity index (χ0) is 8.27. The van der Waals surface area contributed by atoms with E-state index in [1.165, 1.54) is 12.2 Å². The van der Waals surface area contributed by atoms with E-state index in [1.807, 2.05) is 0 Å². The fraction of sp³-hybridized carbons (Fsp3) is 0.143. The summed E-state index contributed by atoms with van der Waals surface area (Å²) in [5.74, 6) is 3.55. The van der Waals surface area contributed by atoms with Gasteiger partial charge in [-0.3, -0.25) is 4.79 Å². The van der Waals surface area contributed by atoms with E-state index in [1.54, 1.807) is 12.2 Å². The number of carboxylic acid groups (broad SMARTS) is 1. The van der Waals surface area contributed by atoms with Crippen LogP contribution in [0.4, 0.5) is 0 Å². The zero-order valence-electron chi connectivity index (χ0n) is 5.77. The Kier molecular flexibility index (Phi) is 2.06. The molecule has 0 bridgehead atoms. The molecule has 0 saturated carbocycles. The molecule has 58 valence electrons. The number of aliphatic carboxylic acids is 1. The normalized spacial score (nSPS) is 21.8. The second-order valence-electron chi connectivity index (χ2n) is 2.14. The van der Waals surface area contributed by atoms with Crippen molar-refractivity contribution in [2.45, 2.75) is 0 Å². The highest BCUT2D eigenvalue weighted by Crippen LogP contribution is 2.07. The lowest BCUT2D eigenvalue weighted by Crippen LogP contribution is -2.12. The third kappa shape index (κ3) is 1.67. The highest BCUT2D eigenvalue weighted by molar-refractivity contribution is 6.05. The van der Waals surface area contributed by atoms with Crippen molar-refractivity contribution in [3.05, 3.63) is 24.3 Å². The summed E-state index contributed by atoms with van der Waals surface area (Å²) in [7, 11) is 0. The molecule has 0 radical (unpaired) electrons. The van der Waals surface area contributed by atoms with Crippen LogP contribution in [0.2, 0.25) is 0 Å². The van der Waals surface area contributed by atoms with E-state index in [2.05, 4.69) is 5.10 Å². The van der Waals surface area contributed by atoms with Crippen LogP contribution in [0.3, 0.4) is 0 Å². The number of nitrogens with two attached hydrogens (primary N) is 1. The zero-order valence-corrected chi connectivity index (χ0v) is 5.77. The number of carbonyl (C=O) groups is 1. The molecule has 0 atom stereocenters. The molecule has 0 spiro atoms. The first-order valence-electron chi connectivity index (χ1n) is 3.11. The van der Waals surface area contributed by atoms with Crippen molar-refractivity contribution in [1.82, 2.24) is 0 Å². The van der Waals surface area contributed by atoms with Gasteiger partial charge in [-0.05, 0) is 12.2 Å². The standard InChI is InChI=1S/C7H8N2O2/c8-9-6-3-1-5(2-4-6)7(10)11/h1-5H,8H2,(H,10,11). The van der Waals surface area contributed by atoms with Crippen molar-refractivity contribution in [2.75, 3.05) is 0 Å². The molecule has 0 fully saturated rings. The molecule has 0 aromatic heterocycles. The molecule has 0 aromatic rings. The molecule has 0 heterocycles. The Balaban J connectivity index is 2.72. The average Bonchev–Trinajstić information content (AvgIpc) is 2.05. The Labute approximate surface area is 63.7 Å². The Morgan fingerprint density at radius 2 is 2.09 bits per heavy atom. The largest absolute Gasteiger partial charge is 0.481 e. The first kappa shape index (κ1) is 7.53. The van der Waals surface area contributed by atoms with Crippen LogP contribution in [-0.4, -0.2) is 16.8 Å². The van der Waals surface area contributed by atoms with E-state index in [0.717, 1.165) is 0 Å². The summed E-state index contributed by atoms with van der Waals surface area (Å²) in [5, 5.41) is 11.9. The third-order valence-corrected chi connectivity index (χ3v) is 1.38. The Hall–Kier alpha value is -1.58. The van der Waals surface area contributed by atoms with Gasteiger partial charge in [0.15, 0.2) is 0 Å². The maximum atomic E-state index is 10.4. The predicted octanol–water partition coefficient (Wildman–Crippen LogP) is 0.128. The first-order valence-corrected chi connectivity index (χ1v) is 3.11. The lowest BCUT2D eigenvalue weighted by molar-refractivity contribution is -0.138. The van der Waals surface area contributed by atoms with Crippen LogP contribution in [0.5, 0.6) is 0 Å². The second kappa shape index (κ2) is 3.01. The topological polar surface area (TPSA) is 75.7 Å². The van der Waals surface area contributed by atoms with Crippen LogP contribution in [0.25, 0.3) is 0 Å². The molecule has 0 unspecified atom stereocenters. The van der Waals surface area contributed by atoms with Gasteiger partial charge < -0.3 is 10.9 Å². The van der Waals surface area contributed by atoms with Crippen LogP contribution in [0.15, 0.2) is 29.4 Å². The fourth-order valence-corrected chi connectivity index (χ4v) is 0.775. The number of carboxylic acids is 1. The Bertz CT molecular complexity index is 237. The summed E-state index contributed by atoms with van der Waals surface area (Å²) in [6.45, 7) is 0. The van der Waals surface area contributed by atoms with Gasteiger partial charge in [0, 0.05) is 0 Å². The molecule has 0 aliphatic heterocycles. The molecule has 0 saturated heterocycles. The monoisotopic (exact) mass is 152 g/mol. The maximum Gasteiger partial charge on any atom is 0.314 e. The SMILES string of the molecule is NN=C1C=CC(C(=O)O)C=C1. The minimum Gasteiger partial charge on any atom is -0.481 e. The number of nitrogens with zero attached hydrogens (tertiary/aromatic N) is 1. The molecule has 0 amide bonds. The molecule has 4 heteroatoms. The molecule has 3 N–H and O–H groups in total. The summed E-state index contributed by atoms with van der Waals surface area (Å²) in [6.07, 6.45) is 6.24. The predicted molar refractivity (Wildman–Crippen MR) is 41.0 cm³/mol. The number of hydrogen-bond donors (Lipinski definition) is 2. The minimum atomic E-state index is -0.867. The molecule has 4 nitrogen and oxygen atoms in total. The molecular formula is C7H8N2O2. The van der Waals surface area contributed by atoms with Crippen molar-refractivity contribution >= 4 is 11.7 Å². The van der Waals surface area contributed by atoms with Gasteiger partial charge in [0.25, 0.3) is 0 Å². The maximum absolute atomic E-state index is 10.4. The summed E-state index contributed by atoms with van der Waals surface area (Å²) in [5.41, 5.74) is 0.586. The number of hydrogen-bond acceptors (Lipinski definition) is 3. The quantitative estimate of drug-likeness (QED) is 0.414. The van der Waals surface area contributed by atoms with E-state index in [0.29, 0.717) is 5.71 Å². The lowest BCUT2D eigenvalue weighted by atomic mass is 10.0. The highest BCUT2D eigenvalue weighted by atomic mass is 16.4. The van der Waals surface area contributed by atoms with Gasteiger partial charge in [0.05, 0.1) is 11.6 Å². The van der Waals surface area contributed by atoms with E-state index >= 15 is 0 Å². The third-order valence-electron chi connectivity index (χ3n) is 1.38. The van der Waals surface area contributed by atoms with Gasteiger partial charge in [-0.1, -0.05) is 12.2 Å². The Morgan fingerprint density at radius 1 is 1.55 bits per heavy atom. The van der Waals surface area contributed by atoms with Crippen molar-refractivity contribution < 1.29 is 9.90 Å². The number of allylic oxidation sites excluding steroid dienone is 2. The van der Waals surface area contributed by atoms with Crippen LogP contribution >= 0.6 is 0 Å². The summed E-state index contributed by atoms with van der Waals surface area (Å²) >= 11 is 0. The molecule has 1 rings (SSSR count). The number of hydrazone groups is 1. The van der Waals surface area contributed by atoms with Gasteiger partial charge >= 0.3 is 5.97 Å². The lowest BCUT2D eigenvalue weighted by Gasteiger charge is -2.04. The van der Waals surface area contributed by atoms with Gasteiger partial charge in [-0.25, -0.2) is 0 Å². The van der Waals surface area contributed by atoms with E-state index in [9.17, 15) is 4.79 Å². The second-order valence-corrected chi connectivity index (χ2v) is 2.14. The van der Waals surface area contributed by atoms with E-state index in [-0.39, 0.29) is 0 Å². The minimum absolute atomic E-state index is 0.541. The van der Waals surface area contributed by atoms with E-state index < -0.39 is 11.9 Å². The van der Waals surface area contributed by atoms with Crippen molar-refractivity contribution in [3.8, 4) is 0 Å². The number of rotatable bonds is 1. The molecule has 1 aliphatic carbocycles. The molecule has 1 aliphatic rings. The van der Waals surface area contributed by atoms with Crippen molar-refractivity contribution in [2.24, 2.45) is 16.9 Å². The van der Waals surface area contributed by atoms with Gasteiger partial charge in [-0.2, -0.15) is 5.10 Å². The van der Waals surface area contributed by atoms with Crippen LogP contribution in [0.1, 0.15) is 0 Å². The smallest absolute Gasteiger partial charge is 0.314 e. The van der Waals surface area contributed by atoms with Gasteiger partial charge in [0.1, 0.15) is 0 Å². The fourth-order valence-electron chi connectivity index (χ4n) is 0.775. The van der Waals surface area contributed by atoms with Crippen LogP contribution in [-0.2, 0) is 4.79 Å². The van der Waals surface area contributed by atoms with Gasteiger partial charge in [0.2, 0.25) is 0 Å². The highest BCUT2D eigenvalue weighted by Gasteiger charge is 2.12. The van der Waals surface area contributed by atoms with Gasteiger partial charge in [-0.15, -0.1) is 0 Å². The Morgan fingerprint density at radius 3 is 2.45 bits per heavy atom. The van der Waals surface area contributed by atoms with Crippen LogP contribution in [0, 0.1) is 5.92 Å². The molecule has 0 aromatic carbocycles. The molecular weight excluding hydrogens is 144 g/mol. The van der Waals surface area contributed by atoms with Crippen molar-refractivity contribution in [1.29, 1.82) is 0 Å². The van der Waals surface area contributed by atoms with Crippen LogP contribution < -0.4 is 5.84 Å². The summed E-state index contributed by atoms with van der Waals surface area (Å²) in [6, 6.07) is 0. The van der Waals surface area contributed by atoms with Crippen molar-refractivity contribution in [3.63, 3.8) is 0 Å². The van der Waals surface area contributed by atoms with E-state index in [4.69, 9.17) is 10.9 Å². The average molecular weight is 152 g/mol. The summed E-state index contributed by atoms with van der Waals surface area (Å²) in [4.78, 5) is 10.4.